The third-order valence-corrected chi connectivity index (χ3v) is 6.30. The lowest BCUT2D eigenvalue weighted by Crippen LogP contribution is -2.08. The van der Waals surface area contributed by atoms with E-state index >= 15 is 0 Å². The molecule has 3 aromatic rings. The Labute approximate surface area is 167 Å². The summed E-state index contributed by atoms with van der Waals surface area (Å²) in [6.45, 7) is 2.46. The first kappa shape index (κ1) is 17.4. The van der Waals surface area contributed by atoms with Crippen LogP contribution in [0.2, 0.25) is 0 Å². The first-order chi connectivity index (χ1) is 13.6. The third-order valence-electron chi connectivity index (χ3n) is 5.28. The minimum Gasteiger partial charge on any atom is -0.373 e. The average Bonchev–Trinajstić information content (AvgIpc) is 3.29. The van der Waals surface area contributed by atoms with Crippen molar-refractivity contribution in [2.45, 2.75) is 39.2 Å². The first-order valence-corrected chi connectivity index (χ1v) is 10.5. The SMILES string of the molecule is CNc1ccc(-c2nn(CC3CC3)c3c2CCc2nc(NC(C)=O)sc2-3)cn1. The first-order valence-electron chi connectivity index (χ1n) is 9.64. The molecule has 0 atom stereocenters. The van der Waals surface area contributed by atoms with Gasteiger partial charge in [0, 0.05) is 37.8 Å². The highest BCUT2D eigenvalue weighted by Crippen LogP contribution is 2.44. The lowest BCUT2D eigenvalue weighted by molar-refractivity contribution is -0.114. The number of aromatic nitrogens is 4. The summed E-state index contributed by atoms with van der Waals surface area (Å²) in [5.41, 5.74) is 5.57. The molecular weight excluding hydrogens is 372 g/mol. The van der Waals surface area contributed by atoms with Crippen LogP contribution in [0.25, 0.3) is 21.8 Å². The molecule has 2 aliphatic carbocycles. The molecular formula is C20H22N6OS. The van der Waals surface area contributed by atoms with Crippen molar-refractivity contribution in [3.63, 3.8) is 0 Å². The number of fused-ring (bicyclic) bond motifs is 3. The van der Waals surface area contributed by atoms with Crippen LogP contribution in [-0.4, -0.2) is 32.7 Å². The Morgan fingerprint density at radius 3 is 2.86 bits per heavy atom. The number of amides is 1. The standard InChI is InChI=1S/C20H22N6OS/c1-11(27)23-20-24-15-7-6-14-17(13-5-8-16(21-2)22-9-13)25-26(10-12-3-4-12)18(14)19(15)28-20/h5,8-9,12H,3-4,6-7,10H2,1-2H3,(H,21,22)(H,23,24,27). The van der Waals surface area contributed by atoms with Gasteiger partial charge in [-0.3, -0.25) is 9.48 Å². The number of nitrogens with zero attached hydrogens (tertiary/aromatic N) is 4. The van der Waals surface area contributed by atoms with E-state index in [9.17, 15) is 4.79 Å². The van der Waals surface area contributed by atoms with E-state index < -0.39 is 0 Å². The zero-order valence-corrected chi connectivity index (χ0v) is 16.8. The van der Waals surface area contributed by atoms with Crippen LogP contribution in [0.3, 0.4) is 0 Å². The number of thiazole rings is 1. The molecule has 0 radical (unpaired) electrons. The second kappa shape index (κ2) is 6.70. The van der Waals surface area contributed by atoms with Crippen LogP contribution in [0.5, 0.6) is 0 Å². The Bertz CT molecular complexity index is 1050. The molecule has 5 rings (SSSR count). The number of hydrogen-bond donors (Lipinski definition) is 2. The van der Waals surface area contributed by atoms with Crippen molar-refractivity contribution in [2.75, 3.05) is 17.7 Å². The van der Waals surface area contributed by atoms with Crippen LogP contribution >= 0.6 is 11.3 Å². The van der Waals surface area contributed by atoms with Gasteiger partial charge >= 0.3 is 0 Å². The summed E-state index contributed by atoms with van der Waals surface area (Å²) in [5, 5.41) is 11.6. The number of hydrogen-bond acceptors (Lipinski definition) is 6. The summed E-state index contributed by atoms with van der Waals surface area (Å²) in [7, 11) is 1.87. The van der Waals surface area contributed by atoms with E-state index in [1.807, 2.05) is 19.3 Å². The molecule has 28 heavy (non-hydrogen) atoms. The molecule has 1 amide bonds. The number of carbonyl (C=O) groups is 1. The molecule has 0 bridgehead atoms. The Hall–Kier alpha value is -2.74. The summed E-state index contributed by atoms with van der Waals surface area (Å²) in [5.74, 6) is 1.48. The number of aryl methyl sites for hydroxylation is 1. The van der Waals surface area contributed by atoms with Gasteiger partial charge in [0.05, 0.1) is 22.0 Å². The van der Waals surface area contributed by atoms with Gasteiger partial charge in [-0.25, -0.2) is 9.97 Å². The second-order valence-corrected chi connectivity index (χ2v) is 8.46. The van der Waals surface area contributed by atoms with Crippen LogP contribution in [0, 0.1) is 5.92 Å². The fourth-order valence-electron chi connectivity index (χ4n) is 3.73. The number of carbonyl (C=O) groups excluding carboxylic acids is 1. The van der Waals surface area contributed by atoms with E-state index in [1.165, 1.54) is 31.0 Å². The van der Waals surface area contributed by atoms with E-state index in [-0.39, 0.29) is 5.91 Å². The predicted octanol–water partition coefficient (Wildman–Crippen LogP) is 3.58. The van der Waals surface area contributed by atoms with E-state index in [0.29, 0.717) is 5.13 Å². The molecule has 1 fully saturated rings. The summed E-state index contributed by atoms with van der Waals surface area (Å²) in [4.78, 5) is 21.7. The lowest BCUT2D eigenvalue weighted by Gasteiger charge is -2.14. The van der Waals surface area contributed by atoms with Gasteiger partial charge in [0.1, 0.15) is 5.82 Å². The van der Waals surface area contributed by atoms with Crippen molar-refractivity contribution in [3.8, 4) is 21.8 Å². The highest BCUT2D eigenvalue weighted by atomic mass is 32.1. The Morgan fingerprint density at radius 1 is 1.32 bits per heavy atom. The fraction of sp³-hybridized carbons (Fsp3) is 0.400. The molecule has 0 unspecified atom stereocenters. The van der Waals surface area contributed by atoms with Crippen LogP contribution < -0.4 is 10.6 Å². The summed E-state index contributed by atoms with van der Waals surface area (Å²) >= 11 is 1.55. The minimum atomic E-state index is -0.0887. The van der Waals surface area contributed by atoms with Crippen molar-refractivity contribution in [3.05, 3.63) is 29.6 Å². The average molecular weight is 395 g/mol. The summed E-state index contributed by atoms with van der Waals surface area (Å²) in [6, 6.07) is 4.06. The second-order valence-electron chi connectivity index (χ2n) is 7.46. The number of pyridine rings is 1. The fourth-order valence-corrected chi connectivity index (χ4v) is 4.87. The largest absolute Gasteiger partial charge is 0.373 e. The van der Waals surface area contributed by atoms with Crippen LogP contribution in [0.1, 0.15) is 31.0 Å². The van der Waals surface area contributed by atoms with Gasteiger partial charge < -0.3 is 10.6 Å². The monoisotopic (exact) mass is 394 g/mol. The van der Waals surface area contributed by atoms with Gasteiger partial charge in [-0.2, -0.15) is 5.10 Å². The molecule has 3 heterocycles. The van der Waals surface area contributed by atoms with Crippen molar-refractivity contribution in [2.24, 2.45) is 5.92 Å². The van der Waals surface area contributed by atoms with Gasteiger partial charge in [0.2, 0.25) is 5.91 Å². The van der Waals surface area contributed by atoms with Crippen molar-refractivity contribution in [1.29, 1.82) is 0 Å². The van der Waals surface area contributed by atoms with E-state index in [4.69, 9.17) is 5.10 Å². The maximum atomic E-state index is 11.5. The van der Waals surface area contributed by atoms with Gasteiger partial charge in [0.25, 0.3) is 0 Å². The number of anilines is 2. The zero-order valence-electron chi connectivity index (χ0n) is 16.0. The third kappa shape index (κ3) is 3.07. The molecule has 0 aromatic carbocycles. The maximum Gasteiger partial charge on any atom is 0.223 e. The van der Waals surface area contributed by atoms with Crippen LogP contribution in [0.4, 0.5) is 10.9 Å². The molecule has 2 aliphatic rings. The van der Waals surface area contributed by atoms with E-state index in [0.717, 1.165) is 53.0 Å². The lowest BCUT2D eigenvalue weighted by atomic mass is 9.95. The van der Waals surface area contributed by atoms with E-state index in [2.05, 4.69) is 31.3 Å². The molecule has 144 valence electrons. The number of rotatable bonds is 5. The molecule has 1 saturated carbocycles. The van der Waals surface area contributed by atoms with Crippen molar-refractivity contribution < 1.29 is 4.79 Å². The minimum absolute atomic E-state index is 0.0887. The smallest absolute Gasteiger partial charge is 0.223 e. The van der Waals surface area contributed by atoms with Gasteiger partial charge in [-0.05, 0) is 43.7 Å². The molecule has 0 aliphatic heterocycles. The highest BCUT2D eigenvalue weighted by molar-refractivity contribution is 7.19. The van der Waals surface area contributed by atoms with Crippen molar-refractivity contribution in [1.82, 2.24) is 19.7 Å². The van der Waals surface area contributed by atoms with Crippen molar-refractivity contribution >= 4 is 28.2 Å². The van der Waals surface area contributed by atoms with Crippen LogP contribution in [0.15, 0.2) is 18.3 Å². The summed E-state index contributed by atoms with van der Waals surface area (Å²) < 4.78 is 2.17. The van der Waals surface area contributed by atoms with Gasteiger partial charge in [-0.15, -0.1) is 0 Å². The Kier molecular flexibility index (Phi) is 4.16. The van der Waals surface area contributed by atoms with Crippen LogP contribution in [-0.2, 0) is 24.2 Å². The topological polar surface area (TPSA) is 84.7 Å². The van der Waals surface area contributed by atoms with Gasteiger partial charge in [0.15, 0.2) is 5.13 Å². The molecule has 0 spiro atoms. The molecule has 8 heteroatoms. The van der Waals surface area contributed by atoms with Gasteiger partial charge in [-0.1, -0.05) is 11.3 Å². The number of nitrogens with one attached hydrogen (secondary N) is 2. The Balaban J connectivity index is 1.62. The highest BCUT2D eigenvalue weighted by Gasteiger charge is 2.31. The molecule has 0 saturated heterocycles. The molecule has 3 aromatic heterocycles. The molecule has 2 N–H and O–H groups in total. The maximum absolute atomic E-state index is 11.5. The quantitative estimate of drug-likeness (QED) is 0.691. The Morgan fingerprint density at radius 2 is 2.18 bits per heavy atom. The summed E-state index contributed by atoms with van der Waals surface area (Å²) in [6.07, 6.45) is 6.20. The predicted molar refractivity (Wildman–Crippen MR) is 111 cm³/mol. The molecule has 7 nitrogen and oxygen atoms in total. The zero-order chi connectivity index (χ0) is 19.3. The van der Waals surface area contributed by atoms with E-state index in [1.54, 1.807) is 11.3 Å². The normalized spacial score (nSPS) is 15.1.